The number of rotatable bonds is 11. The summed E-state index contributed by atoms with van der Waals surface area (Å²) >= 11 is 0. The Labute approximate surface area is 221 Å². The number of pyridine rings is 1. The number of amides is 2. The van der Waals surface area contributed by atoms with Crippen LogP contribution >= 0.6 is 0 Å². The number of benzene rings is 1. The Kier molecular flexibility index (Phi) is 8.63. The van der Waals surface area contributed by atoms with Crippen molar-refractivity contribution in [2.45, 2.75) is 51.6 Å². The third-order valence-electron chi connectivity index (χ3n) is 5.79. The van der Waals surface area contributed by atoms with Crippen LogP contribution in [0.5, 0.6) is 0 Å². The molecule has 0 unspecified atom stereocenters. The molecule has 14 heteroatoms. The number of carbonyl (C=O) groups is 2. The molecule has 0 saturated heterocycles. The molecule has 3 heterocycles. The Balaban J connectivity index is 1.19. The van der Waals surface area contributed by atoms with Crippen molar-refractivity contribution in [1.82, 2.24) is 45.6 Å². The lowest BCUT2D eigenvalue weighted by Gasteiger charge is -2.12. The van der Waals surface area contributed by atoms with Crippen LogP contribution in [-0.4, -0.2) is 46.8 Å². The molecule has 0 aliphatic carbocycles. The summed E-state index contributed by atoms with van der Waals surface area (Å²) in [5.41, 5.74) is 0.490. The standard InChI is InChI=1S/C25H26F3N9O2/c1-17(18-7-3-2-4-8-18)31-24(39)22-16-37(35-33-22)12-6-5-11-36-15-21(32-34-36)23(38)30-14-20-13-19(9-10-29-20)25(26,27)28/h2-4,7-10,13,15-17H,5-6,11-12,14H2,1H3,(H,30,38)(H,31,39)/t17-/m0/s1. The van der Waals surface area contributed by atoms with Gasteiger partial charge in [0.25, 0.3) is 11.8 Å². The first kappa shape index (κ1) is 27.4. The summed E-state index contributed by atoms with van der Waals surface area (Å²) in [4.78, 5) is 28.6. The van der Waals surface area contributed by atoms with Crippen LogP contribution in [-0.2, 0) is 25.8 Å². The summed E-state index contributed by atoms with van der Waals surface area (Å²) in [6.07, 6.45) is 0.988. The normalized spacial score (nSPS) is 12.2. The Morgan fingerprint density at radius 1 is 0.923 bits per heavy atom. The van der Waals surface area contributed by atoms with Crippen molar-refractivity contribution in [3.8, 4) is 0 Å². The maximum Gasteiger partial charge on any atom is 0.416 e. The first-order valence-corrected chi connectivity index (χ1v) is 12.2. The third kappa shape index (κ3) is 7.69. The zero-order valence-electron chi connectivity index (χ0n) is 21.0. The summed E-state index contributed by atoms with van der Waals surface area (Å²) < 4.78 is 41.6. The molecule has 204 valence electrons. The van der Waals surface area contributed by atoms with E-state index in [1.807, 2.05) is 37.3 Å². The molecular weight excluding hydrogens is 515 g/mol. The Morgan fingerprint density at radius 2 is 1.54 bits per heavy atom. The molecule has 0 bridgehead atoms. The van der Waals surface area contributed by atoms with Gasteiger partial charge in [-0.15, -0.1) is 10.2 Å². The second-order valence-corrected chi connectivity index (χ2v) is 8.76. The van der Waals surface area contributed by atoms with E-state index in [-0.39, 0.29) is 35.6 Å². The van der Waals surface area contributed by atoms with Gasteiger partial charge in [-0.3, -0.25) is 23.9 Å². The maximum absolute atomic E-state index is 12.8. The molecule has 1 aromatic carbocycles. The predicted molar refractivity (Wildman–Crippen MR) is 132 cm³/mol. The highest BCUT2D eigenvalue weighted by atomic mass is 19.4. The number of halogens is 3. The number of hydrogen-bond acceptors (Lipinski definition) is 7. The van der Waals surface area contributed by atoms with Crippen LogP contribution in [0.4, 0.5) is 13.2 Å². The van der Waals surface area contributed by atoms with Gasteiger partial charge in [-0.05, 0) is 37.5 Å². The zero-order valence-corrected chi connectivity index (χ0v) is 21.0. The smallest absolute Gasteiger partial charge is 0.345 e. The van der Waals surface area contributed by atoms with E-state index >= 15 is 0 Å². The fourth-order valence-electron chi connectivity index (χ4n) is 3.68. The van der Waals surface area contributed by atoms with E-state index in [1.54, 1.807) is 10.9 Å². The Morgan fingerprint density at radius 3 is 2.15 bits per heavy atom. The Hall–Kier alpha value is -4.62. The Bertz CT molecular complexity index is 1400. The zero-order chi connectivity index (χ0) is 27.8. The quantitative estimate of drug-likeness (QED) is 0.279. The molecule has 0 aliphatic heterocycles. The SMILES string of the molecule is C[C@H](NC(=O)c1cn(CCCCn2cc(C(=O)NCc3cc(C(F)(F)F)ccn3)nn2)nn1)c1ccccc1. The van der Waals surface area contributed by atoms with Crippen molar-refractivity contribution in [2.24, 2.45) is 0 Å². The van der Waals surface area contributed by atoms with Gasteiger partial charge < -0.3 is 10.6 Å². The molecule has 0 fully saturated rings. The molecule has 0 aliphatic rings. The molecule has 11 nitrogen and oxygen atoms in total. The first-order chi connectivity index (χ1) is 18.7. The second kappa shape index (κ2) is 12.3. The molecule has 4 aromatic rings. The van der Waals surface area contributed by atoms with E-state index in [9.17, 15) is 22.8 Å². The number of nitrogens with one attached hydrogen (secondary N) is 2. The summed E-state index contributed by atoms with van der Waals surface area (Å²) in [5.74, 6) is -0.884. The van der Waals surface area contributed by atoms with E-state index < -0.39 is 17.6 Å². The molecule has 3 aromatic heterocycles. The van der Waals surface area contributed by atoms with Crippen LogP contribution in [0.2, 0.25) is 0 Å². The van der Waals surface area contributed by atoms with E-state index in [0.29, 0.717) is 25.9 Å². The van der Waals surface area contributed by atoms with Crippen molar-refractivity contribution in [2.75, 3.05) is 0 Å². The summed E-state index contributed by atoms with van der Waals surface area (Å²) in [7, 11) is 0. The lowest BCUT2D eigenvalue weighted by molar-refractivity contribution is -0.137. The number of hydrogen-bond donors (Lipinski definition) is 2. The predicted octanol–water partition coefficient (Wildman–Crippen LogP) is 3.18. The largest absolute Gasteiger partial charge is 0.416 e. The lowest BCUT2D eigenvalue weighted by Crippen LogP contribution is -2.26. The molecule has 2 N–H and O–H groups in total. The average molecular weight is 542 g/mol. The van der Waals surface area contributed by atoms with E-state index in [4.69, 9.17) is 0 Å². The highest BCUT2D eigenvalue weighted by Gasteiger charge is 2.30. The van der Waals surface area contributed by atoms with Crippen molar-refractivity contribution in [3.05, 3.63) is 89.3 Å². The number of unbranched alkanes of at least 4 members (excludes halogenated alkanes) is 1. The van der Waals surface area contributed by atoms with Crippen molar-refractivity contribution < 1.29 is 22.8 Å². The number of nitrogens with zero attached hydrogens (tertiary/aromatic N) is 7. The number of aryl methyl sites for hydroxylation is 2. The van der Waals surface area contributed by atoms with Crippen molar-refractivity contribution in [3.63, 3.8) is 0 Å². The van der Waals surface area contributed by atoms with Gasteiger partial charge in [-0.2, -0.15) is 13.2 Å². The van der Waals surface area contributed by atoms with Gasteiger partial charge in [0.1, 0.15) is 0 Å². The minimum absolute atomic E-state index is 0.0404. The minimum atomic E-state index is -4.49. The molecule has 0 spiro atoms. The summed E-state index contributed by atoms with van der Waals surface area (Å²) in [6.45, 7) is 2.72. The van der Waals surface area contributed by atoms with Crippen LogP contribution in [0.15, 0.2) is 61.1 Å². The number of carbonyl (C=O) groups excluding carboxylic acids is 2. The van der Waals surface area contributed by atoms with Gasteiger partial charge >= 0.3 is 6.18 Å². The van der Waals surface area contributed by atoms with Crippen LogP contribution in [0, 0.1) is 0 Å². The van der Waals surface area contributed by atoms with Crippen molar-refractivity contribution in [1.29, 1.82) is 0 Å². The molecule has 0 radical (unpaired) electrons. The minimum Gasteiger partial charge on any atom is -0.345 e. The van der Waals surface area contributed by atoms with Gasteiger partial charge in [0.05, 0.1) is 36.2 Å². The number of alkyl halides is 3. The van der Waals surface area contributed by atoms with Gasteiger partial charge in [-0.1, -0.05) is 40.8 Å². The van der Waals surface area contributed by atoms with Crippen molar-refractivity contribution >= 4 is 11.8 Å². The van der Waals surface area contributed by atoms with Gasteiger partial charge in [0.2, 0.25) is 0 Å². The van der Waals surface area contributed by atoms with E-state index in [2.05, 4.69) is 36.2 Å². The first-order valence-electron chi connectivity index (χ1n) is 12.2. The van der Waals surface area contributed by atoms with Gasteiger partial charge in [0.15, 0.2) is 11.4 Å². The van der Waals surface area contributed by atoms with E-state index in [0.717, 1.165) is 23.9 Å². The van der Waals surface area contributed by atoms with E-state index in [1.165, 1.54) is 10.9 Å². The van der Waals surface area contributed by atoms with Gasteiger partial charge in [-0.25, -0.2) is 0 Å². The average Bonchev–Trinajstić information content (AvgIpc) is 3.60. The molecule has 2 amide bonds. The highest BCUT2D eigenvalue weighted by molar-refractivity contribution is 5.92. The maximum atomic E-state index is 12.8. The molecule has 0 saturated carbocycles. The lowest BCUT2D eigenvalue weighted by atomic mass is 10.1. The van der Waals surface area contributed by atoms with Gasteiger partial charge in [0, 0.05) is 19.3 Å². The highest BCUT2D eigenvalue weighted by Crippen LogP contribution is 2.28. The second-order valence-electron chi connectivity index (χ2n) is 8.76. The molecule has 39 heavy (non-hydrogen) atoms. The van der Waals surface area contributed by atoms with Crippen LogP contribution in [0.25, 0.3) is 0 Å². The third-order valence-corrected chi connectivity index (χ3v) is 5.79. The van der Waals surface area contributed by atoms with Crippen LogP contribution < -0.4 is 10.6 Å². The topological polar surface area (TPSA) is 133 Å². The van der Waals surface area contributed by atoms with Crippen LogP contribution in [0.1, 0.15) is 63.6 Å². The monoisotopic (exact) mass is 541 g/mol. The van der Waals surface area contributed by atoms with Crippen LogP contribution in [0.3, 0.4) is 0 Å². The summed E-state index contributed by atoms with van der Waals surface area (Å²) in [6, 6.07) is 11.2. The number of aromatic nitrogens is 7. The molecular formula is C25H26F3N9O2. The molecule has 4 rings (SSSR count). The molecule has 1 atom stereocenters. The fourth-order valence-corrected chi connectivity index (χ4v) is 3.68. The summed E-state index contributed by atoms with van der Waals surface area (Å²) in [5, 5.41) is 21.1. The fraction of sp³-hybridized carbons (Fsp3) is 0.320.